The summed E-state index contributed by atoms with van der Waals surface area (Å²) in [4.78, 5) is 2.58. The zero-order valence-electron chi connectivity index (χ0n) is 15.8. The van der Waals surface area contributed by atoms with Gasteiger partial charge in [-0.2, -0.15) is 0 Å². The molecule has 1 saturated carbocycles. The largest absolute Gasteiger partial charge is 0.316 e. The van der Waals surface area contributed by atoms with E-state index in [1.165, 1.54) is 45.3 Å². The molecule has 1 aliphatic rings. The van der Waals surface area contributed by atoms with Crippen LogP contribution < -0.4 is 5.32 Å². The fourth-order valence-electron chi connectivity index (χ4n) is 3.83. The number of rotatable bonds is 7. The van der Waals surface area contributed by atoms with Gasteiger partial charge in [0, 0.05) is 19.6 Å². The monoisotopic (exact) mass is 296 g/mol. The second-order valence-electron chi connectivity index (χ2n) is 9.44. The molecule has 0 aromatic heterocycles. The summed E-state index contributed by atoms with van der Waals surface area (Å²) >= 11 is 0. The second kappa shape index (κ2) is 7.97. The van der Waals surface area contributed by atoms with Crippen molar-refractivity contribution in [1.29, 1.82) is 0 Å². The van der Waals surface area contributed by atoms with E-state index >= 15 is 0 Å². The van der Waals surface area contributed by atoms with Gasteiger partial charge in [-0.05, 0) is 49.1 Å². The first kappa shape index (κ1) is 19.0. The molecule has 1 aliphatic carbocycles. The van der Waals surface area contributed by atoms with Crippen molar-refractivity contribution in [2.75, 3.05) is 33.2 Å². The van der Waals surface area contributed by atoms with Gasteiger partial charge in [0.2, 0.25) is 0 Å². The number of hydrogen-bond donors (Lipinski definition) is 1. The maximum atomic E-state index is 3.75. The average molecular weight is 297 g/mol. The summed E-state index contributed by atoms with van der Waals surface area (Å²) in [5, 5.41) is 3.75. The van der Waals surface area contributed by atoms with Crippen LogP contribution >= 0.6 is 0 Å². The van der Waals surface area contributed by atoms with Gasteiger partial charge in [-0.15, -0.1) is 0 Å². The fourth-order valence-corrected chi connectivity index (χ4v) is 3.83. The van der Waals surface area contributed by atoms with E-state index in [-0.39, 0.29) is 0 Å². The SMILES string of the molecule is CC(C)CNCC1(CN(C)CC(C)(C)C)CCC(C)CC1. The van der Waals surface area contributed by atoms with E-state index in [9.17, 15) is 0 Å². The number of hydrogen-bond acceptors (Lipinski definition) is 2. The molecule has 0 radical (unpaired) electrons. The molecule has 0 heterocycles. The zero-order chi connectivity index (χ0) is 16.1. The summed E-state index contributed by atoms with van der Waals surface area (Å²) in [5.41, 5.74) is 0.894. The molecule has 0 atom stereocenters. The van der Waals surface area contributed by atoms with Gasteiger partial charge in [-0.3, -0.25) is 0 Å². The lowest BCUT2D eigenvalue weighted by molar-refractivity contribution is 0.0825. The normalized spacial score (nSPS) is 27.6. The minimum Gasteiger partial charge on any atom is -0.316 e. The smallest absolute Gasteiger partial charge is 0.00473 e. The summed E-state index contributed by atoms with van der Waals surface area (Å²) in [5.74, 6) is 1.67. The molecule has 0 aromatic carbocycles. The highest BCUT2D eigenvalue weighted by molar-refractivity contribution is 4.89. The average Bonchev–Trinajstić information content (AvgIpc) is 2.30. The van der Waals surface area contributed by atoms with Crippen LogP contribution in [0, 0.1) is 22.7 Å². The van der Waals surface area contributed by atoms with Crippen molar-refractivity contribution in [2.45, 2.75) is 67.2 Å². The van der Waals surface area contributed by atoms with E-state index in [1.807, 2.05) is 0 Å². The van der Waals surface area contributed by atoms with Crippen molar-refractivity contribution in [3.8, 4) is 0 Å². The molecule has 2 heteroatoms. The van der Waals surface area contributed by atoms with Gasteiger partial charge in [-0.1, -0.05) is 54.4 Å². The van der Waals surface area contributed by atoms with Crippen molar-refractivity contribution < 1.29 is 0 Å². The summed E-state index contributed by atoms with van der Waals surface area (Å²) in [7, 11) is 2.31. The van der Waals surface area contributed by atoms with Crippen LogP contribution in [0.5, 0.6) is 0 Å². The van der Waals surface area contributed by atoms with Crippen LogP contribution in [0.15, 0.2) is 0 Å². The summed E-state index contributed by atoms with van der Waals surface area (Å²) in [6.45, 7) is 18.8. The molecular formula is C19H40N2. The minimum absolute atomic E-state index is 0.392. The summed E-state index contributed by atoms with van der Waals surface area (Å²) < 4.78 is 0. The molecule has 0 saturated heterocycles. The van der Waals surface area contributed by atoms with E-state index in [0.717, 1.165) is 18.4 Å². The van der Waals surface area contributed by atoms with Crippen LogP contribution in [0.3, 0.4) is 0 Å². The van der Waals surface area contributed by atoms with Crippen molar-refractivity contribution in [3.63, 3.8) is 0 Å². The van der Waals surface area contributed by atoms with Gasteiger partial charge < -0.3 is 10.2 Å². The molecule has 0 aliphatic heterocycles. The first-order chi connectivity index (χ1) is 9.62. The first-order valence-corrected chi connectivity index (χ1v) is 9.01. The molecule has 0 spiro atoms. The Labute approximate surface area is 134 Å². The predicted molar refractivity (Wildman–Crippen MR) is 94.7 cm³/mol. The number of nitrogens with zero attached hydrogens (tertiary/aromatic N) is 1. The van der Waals surface area contributed by atoms with Crippen molar-refractivity contribution in [2.24, 2.45) is 22.7 Å². The first-order valence-electron chi connectivity index (χ1n) is 9.01. The Bertz CT molecular complexity index is 282. The van der Waals surface area contributed by atoms with Crippen LogP contribution in [-0.4, -0.2) is 38.1 Å². The van der Waals surface area contributed by atoms with Crippen molar-refractivity contribution in [1.82, 2.24) is 10.2 Å². The van der Waals surface area contributed by atoms with Crippen LogP contribution in [0.1, 0.15) is 67.2 Å². The molecule has 1 fully saturated rings. The Kier molecular flexibility index (Phi) is 7.19. The number of nitrogens with one attached hydrogen (secondary N) is 1. The van der Waals surface area contributed by atoms with Crippen molar-refractivity contribution in [3.05, 3.63) is 0 Å². The Morgan fingerprint density at radius 1 is 1.19 bits per heavy atom. The Hall–Kier alpha value is -0.0800. The molecule has 1 N–H and O–H groups in total. The van der Waals surface area contributed by atoms with Gasteiger partial charge in [0.25, 0.3) is 0 Å². The minimum atomic E-state index is 0.392. The van der Waals surface area contributed by atoms with Gasteiger partial charge in [-0.25, -0.2) is 0 Å². The van der Waals surface area contributed by atoms with E-state index < -0.39 is 0 Å². The predicted octanol–water partition coefficient (Wildman–Crippen LogP) is 4.41. The van der Waals surface area contributed by atoms with Crippen LogP contribution in [0.4, 0.5) is 0 Å². The maximum absolute atomic E-state index is 3.75. The standard InChI is InChI=1S/C19H40N2/c1-16(2)12-20-13-19(10-8-17(3)9-11-19)15-21(7)14-18(4,5)6/h16-17,20H,8-15H2,1-7H3. The molecule has 21 heavy (non-hydrogen) atoms. The lowest BCUT2D eigenvalue weighted by Gasteiger charge is -2.43. The molecule has 0 aromatic rings. The maximum Gasteiger partial charge on any atom is 0.00473 e. The molecule has 2 nitrogen and oxygen atoms in total. The third-order valence-corrected chi connectivity index (χ3v) is 4.74. The highest BCUT2D eigenvalue weighted by Crippen LogP contribution is 2.39. The molecular weight excluding hydrogens is 256 g/mol. The summed E-state index contributed by atoms with van der Waals surface area (Å²) in [6, 6.07) is 0. The van der Waals surface area contributed by atoms with Crippen LogP contribution in [-0.2, 0) is 0 Å². The van der Waals surface area contributed by atoms with E-state index in [2.05, 4.69) is 58.8 Å². The van der Waals surface area contributed by atoms with Gasteiger partial charge in [0.15, 0.2) is 0 Å². The Morgan fingerprint density at radius 2 is 1.76 bits per heavy atom. The highest BCUT2D eigenvalue weighted by atomic mass is 15.1. The topological polar surface area (TPSA) is 15.3 Å². The third-order valence-electron chi connectivity index (χ3n) is 4.74. The fraction of sp³-hybridized carbons (Fsp3) is 1.00. The van der Waals surface area contributed by atoms with Crippen LogP contribution in [0.25, 0.3) is 0 Å². The van der Waals surface area contributed by atoms with E-state index in [1.54, 1.807) is 0 Å². The van der Waals surface area contributed by atoms with E-state index in [4.69, 9.17) is 0 Å². The highest BCUT2D eigenvalue weighted by Gasteiger charge is 2.35. The van der Waals surface area contributed by atoms with E-state index in [0.29, 0.717) is 10.8 Å². The molecule has 1 rings (SSSR count). The van der Waals surface area contributed by atoms with Gasteiger partial charge >= 0.3 is 0 Å². The molecule has 126 valence electrons. The quantitative estimate of drug-likeness (QED) is 0.749. The lowest BCUT2D eigenvalue weighted by atomic mass is 9.70. The lowest BCUT2D eigenvalue weighted by Crippen LogP contribution is -2.47. The third kappa shape index (κ3) is 7.65. The van der Waals surface area contributed by atoms with Gasteiger partial charge in [0.05, 0.1) is 0 Å². The van der Waals surface area contributed by atoms with Crippen molar-refractivity contribution >= 4 is 0 Å². The van der Waals surface area contributed by atoms with Crippen LogP contribution in [0.2, 0.25) is 0 Å². The van der Waals surface area contributed by atoms with Gasteiger partial charge in [0.1, 0.15) is 0 Å². The summed E-state index contributed by atoms with van der Waals surface area (Å²) in [6.07, 6.45) is 5.61. The Balaban J connectivity index is 2.59. The Morgan fingerprint density at radius 3 is 2.24 bits per heavy atom. The zero-order valence-corrected chi connectivity index (χ0v) is 15.8. The molecule has 0 amide bonds. The second-order valence-corrected chi connectivity index (χ2v) is 9.44. The molecule has 0 unspecified atom stereocenters. The molecule has 0 bridgehead atoms.